The Bertz CT molecular complexity index is 667. The van der Waals surface area contributed by atoms with Crippen LogP contribution in [0.4, 0.5) is 0 Å². The molecule has 1 N–H and O–H groups in total. The smallest absolute Gasteiger partial charge is 0.352 e. The molecule has 2 aromatic rings. The number of carboxylic acid groups (broad SMARTS) is 1. The second-order valence-corrected chi connectivity index (χ2v) is 5.62. The van der Waals surface area contributed by atoms with Crippen LogP contribution >= 0.6 is 11.3 Å². The number of hydrogen-bond donors (Lipinski definition) is 1. The second-order valence-electron chi connectivity index (χ2n) is 4.45. The highest BCUT2D eigenvalue weighted by atomic mass is 32.1. The van der Waals surface area contributed by atoms with E-state index in [1.807, 2.05) is 26.8 Å². The van der Waals surface area contributed by atoms with Crippen molar-refractivity contribution in [2.75, 3.05) is 0 Å². The fourth-order valence-corrected chi connectivity index (χ4v) is 3.05. The SMILES string of the molecule is CCc1cc2c(=O)n(C(C)C)c(C(=O)O)cc2s1. The molecule has 0 bridgehead atoms. The molecule has 96 valence electrons. The van der Waals surface area contributed by atoms with Crippen LogP contribution in [0.5, 0.6) is 0 Å². The lowest BCUT2D eigenvalue weighted by Gasteiger charge is -2.13. The predicted octanol–water partition coefficient (Wildman–Crippen LogP) is 2.90. The zero-order valence-corrected chi connectivity index (χ0v) is 11.4. The van der Waals surface area contributed by atoms with Gasteiger partial charge < -0.3 is 5.11 Å². The van der Waals surface area contributed by atoms with Crippen LogP contribution in [0.1, 0.15) is 42.2 Å². The summed E-state index contributed by atoms with van der Waals surface area (Å²) in [6, 6.07) is 3.30. The van der Waals surface area contributed by atoms with Crippen LogP contribution < -0.4 is 5.56 Å². The Labute approximate surface area is 108 Å². The van der Waals surface area contributed by atoms with Gasteiger partial charge in [0, 0.05) is 15.6 Å². The van der Waals surface area contributed by atoms with Crippen molar-refractivity contribution in [1.29, 1.82) is 0 Å². The summed E-state index contributed by atoms with van der Waals surface area (Å²) in [6.07, 6.45) is 0.850. The van der Waals surface area contributed by atoms with Crippen molar-refractivity contribution in [2.45, 2.75) is 33.2 Å². The number of thiophene rings is 1. The Kier molecular flexibility index (Phi) is 3.26. The summed E-state index contributed by atoms with van der Waals surface area (Å²) < 4.78 is 2.10. The van der Waals surface area contributed by atoms with Gasteiger partial charge in [-0.25, -0.2) is 4.79 Å². The van der Waals surface area contributed by atoms with Gasteiger partial charge in [-0.15, -0.1) is 11.3 Å². The molecule has 0 atom stereocenters. The maximum Gasteiger partial charge on any atom is 0.352 e. The van der Waals surface area contributed by atoms with E-state index in [2.05, 4.69) is 0 Å². The Balaban J connectivity index is 2.87. The van der Waals surface area contributed by atoms with Crippen molar-refractivity contribution in [3.63, 3.8) is 0 Å². The van der Waals surface area contributed by atoms with Crippen LogP contribution in [0.25, 0.3) is 10.1 Å². The third-order valence-electron chi connectivity index (χ3n) is 2.87. The third-order valence-corrected chi connectivity index (χ3v) is 4.10. The van der Waals surface area contributed by atoms with E-state index in [0.717, 1.165) is 16.0 Å². The average Bonchev–Trinajstić information content (AvgIpc) is 2.71. The van der Waals surface area contributed by atoms with Crippen LogP contribution in [0.3, 0.4) is 0 Å². The van der Waals surface area contributed by atoms with Gasteiger partial charge in [-0.05, 0) is 32.4 Å². The molecule has 0 radical (unpaired) electrons. The van der Waals surface area contributed by atoms with E-state index in [0.29, 0.717) is 5.39 Å². The number of aromatic nitrogens is 1. The first-order chi connectivity index (χ1) is 8.45. The van der Waals surface area contributed by atoms with Gasteiger partial charge in [0.05, 0.1) is 5.39 Å². The molecule has 5 heteroatoms. The lowest BCUT2D eigenvalue weighted by Crippen LogP contribution is -2.27. The molecule has 0 saturated heterocycles. The molecule has 4 nitrogen and oxygen atoms in total. The van der Waals surface area contributed by atoms with Crippen LogP contribution in [0.15, 0.2) is 16.9 Å². The topological polar surface area (TPSA) is 59.3 Å². The first-order valence-electron chi connectivity index (χ1n) is 5.87. The van der Waals surface area contributed by atoms with Gasteiger partial charge in [-0.2, -0.15) is 0 Å². The number of rotatable bonds is 3. The zero-order chi connectivity index (χ0) is 13.4. The minimum atomic E-state index is -1.06. The number of aromatic carboxylic acids is 1. The number of carboxylic acids is 1. The van der Waals surface area contributed by atoms with Crippen LogP contribution in [-0.4, -0.2) is 15.6 Å². The first kappa shape index (κ1) is 12.8. The minimum Gasteiger partial charge on any atom is -0.477 e. The zero-order valence-electron chi connectivity index (χ0n) is 10.6. The van der Waals surface area contributed by atoms with Gasteiger partial charge in [-0.3, -0.25) is 9.36 Å². The van der Waals surface area contributed by atoms with E-state index in [1.165, 1.54) is 15.9 Å². The Morgan fingerprint density at radius 1 is 1.44 bits per heavy atom. The molecule has 0 saturated carbocycles. The highest BCUT2D eigenvalue weighted by Gasteiger charge is 2.18. The van der Waals surface area contributed by atoms with Crippen LogP contribution in [-0.2, 0) is 6.42 Å². The monoisotopic (exact) mass is 265 g/mol. The van der Waals surface area contributed by atoms with Crippen molar-refractivity contribution < 1.29 is 9.90 Å². The molecule has 0 unspecified atom stereocenters. The summed E-state index contributed by atoms with van der Waals surface area (Å²) in [5, 5.41) is 9.83. The molecule has 2 heterocycles. The molecule has 0 aliphatic carbocycles. The number of fused-ring (bicyclic) bond motifs is 1. The molecular weight excluding hydrogens is 250 g/mol. The number of aryl methyl sites for hydroxylation is 1. The summed E-state index contributed by atoms with van der Waals surface area (Å²) in [5.41, 5.74) is -0.150. The van der Waals surface area contributed by atoms with Gasteiger partial charge in [0.25, 0.3) is 5.56 Å². The Hall–Kier alpha value is -1.62. The van der Waals surface area contributed by atoms with E-state index in [-0.39, 0.29) is 17.3 Å². The molecule has 2 rings (SSSR count). The molecule has 0 aliphatic heterocycles. The van der Waals surface area contributed by atoms with Gasteiger partial charge in [-0.1, -0.05) is 6.92 Å². The minimum absolute atomic E-state index is 0.0620. The van der Waals surface area contributed by atoms with E-state index >= 15 is 0 Å². The maximum absolute atomic E-state index is 12.3. The van der Waals surface area contributed by atoms with Gasteiger partial charge in [0.2, 0.25) is 0 Å². The lowest BCUT2D eigenvalue weighted by atomic mass is 10.2. The molecule has 18 heavy (non-hydrogen) atoms. The van der Waals surface area contributed by atoms with Crippen molar-refractivity contribution in [1.82, 2.24) is 4.57 Å². The van der Waals surface area contributed by atoms with Crippen molar-refractivity contribution in [2.24, 2.45) is 0 Å². The van der Waals surface area contributed by atoms with Gasteiger partial charge in [0.15, 0.2) is 0 Å². The summed E-state index contributed by atoms with van der Waals surface area (Å²) in [5.74, 6) is -1.06. The van der Waals surface area contributed by atoms with Crippen LogP contribution in [0.2, 0.25) is 0 Å². The van der Waals surface area contributed by atoms with E-state index < -0.39 is 5.97 Å². The normalized spacial score (nSPS) is 11.3. The number of hydrogen-bond acceptors (Lipinski definition) is 3. The molecule has 0 amide bonds. The van der Waals surface area contributed by atoms with E-state index in [1.54, 1.807) is 6.07 Å². The largest absolute Gasteiger partial charge is 0.477 e. The number of carbonyl (C=O) groups is 1. The summed E-state index contributed by atoms with van der Waals surface area (Å²) in [6.45, 7) is 5.64. The quantitative estimate of drug-likeness (QED) is 0.928. The Morgan fingerprint density at radius 3 is 2.61 bits per heavy atom. The summed E-state index contributed by atoms with van der Waals surface area (Å²) in [7, 11) is 0. The lowest BCUT2D eigenvalue weighted by molar-refractivity contribution is 0.0682. The third kappa shape index (κ3) is 1.95. The first-order valence-corrected chi connectivity index (χ1v) is 6.68. The maximum atomic E-state index is 12.3. The highest BCUT2D eigenvalue weighted by Crippen LogP contribution is 2.25. The fourth-order valence-electron chi connectivity index (χ4n) is 2.02. The van der Waals surface area contributed by atoms with Crippen LogP contribution in [0, 0.1) is 0 Å². The number of nitrogens with zero attached hydrogens (tertiary/aromatic N) is 1. The predicted molar refractivity (Wildman–Crippen MR) is 72.8 cm³/mol. The summed E-state index contributed by atoms with van der Waals surface area (Å²) >= 11 is 1.49. The van der Waals surface area contributed by atoms with E-state index in [4.69, 9.17) is 0 Å². The molecule has 0 spiro atoms. The van der Waals surface area contributed by atoms with Crippen molar-refractivity contribution >= 4 is 27.4 Å². The standard InChI is InChI=1S/C13H15NO3S/c1-4-8-5-9-11(18-8)6-10(13(16)17)14(7(2)3)12(9)15/h5-7H,4H2,1-3H3,(H,16,17). The molecule has 0 aromatic carbocycles. The molecular formula is C13H15NO3S. The van der Waals surface area contributed by atoms with Gasteiger partial charge >= 0.3 is 5.97 Å². The Morgan fingerprint density at radius 2 is 2.11 bits per heavy atom. The molecule has 2 aromatic heterocycles. The number of pyridine rings is 1. The second kappa shape index (κ2) is 4.57. The fraction of sp³-hybridized carbons (Fsp3) is 0.385. The highest BCUT2D eigenvalue weighted by molar-refractivity contribution is 7.19. The molecule has 0 aliphatic rings. The van der Waals surface area contributed by atoms with Crippen molar-refractivity contribution in [3.05, 3.63) is 33.1 Å². The van der Waals surface area contributed by atoms with Gasteiger partial charge in [0.1, 0.15) is 5.69 Å². The molecule has 0 fully saturated rings. The van der Waals surface area contributed by atoms with E-state index in [9.17, 15) is 14.7 Å². The van der Waals surface area contributed by atoms with Crippen molar-refractivity contribution in [3.8, 4) is 0 Å². The summed E-state index contributed by atoms with van der Waals surface area (Å²) in [4.78, 5) is 24.7. The average molecular weight is 265 g/mol.